The Labute approximate surface area is 128 Å². The second-order valence-corrected chi connectivity index (χ2v) is 6.72. The summed E-state index contributed by atoms with van der Waals surface area (Å²) in [5, 5.41) is 10.6. The third kappa shape index (κ3) is 6.91. The largest absolute Gasteiger partial charge is 0.314 e. The van der Waals surface area contributed by atoms with Crippen molar-refractivity contribution < 1.29 is 4.92 Å². The Balaban J connectivity index is 4.78. The van der Waals surface area contributed by atoms with Gasteiger partial charge < -0.3 is 0 Å². The minimum atomic E-state index is -0.638. The summed E-state index contributed by atoms with van der Waals surface area (Å²) >= 11 is 21.2. The van der Waals surface area contributed by atoms with Gasteiger partial charge in [-0.3, -0.25) is 10.1 Å². The van der Waals surface area contributed by atoms with Crippen LogP contribution in [0.1, 0.15) is 26.2 Å². The minimum Gasteiger partial charge on any atom is -0.258 e. The number of rotatable bonds is 7. The van der Waals surface area contributed by atoms with Crippen molar-refractivity contribution in [2.24, 2.45) is 0 Å². The van der Waals surface area contributed by atoms with Crippen LogP contribution in [0, 0.1) is 10.1 Å². The van der Waals surface area contributed by atoms with Gasteiger partial charge in [-0.15, -0.1) is 11.8 Å². The van der Waals surface area contributed by atoms with Gasteiger partial charge in [0.1, 0.15) is 8.97 Å². The molecule has 0 unspecified atom stereocenters. The molecule has 0 aromatic carbocycles. The normalized spacial score (nSPS) is 14.2. The van der Waals surface area contributed by atoms with Gasteiger partial charge in [-0.1, -0.05) is 54.6 Å². The van der Waals surface area contributed by atoms with Gasteiger partial charge in [-0.25, -0.2) is 0 Å². The van der Waals surface area contributed by atoms with Gasteiger partial charge in [0.25, 0.3) is 0 Å². The van der Waals surface area contributed by atoms with Crippen molar-refractivity contribution in [2.75, 3.05) is 5.75 Å². The summed E-state index contributed by atoms with van der Waals surface area (Å²) in [5.41, 5.74) is -0.364. The highest BCUT2D eigenvalue weighted by molar-refractivity contribution is 9.12. The molecule has 0 aromatic rings. The number of unbranched alkanes of at least 4 members (excludes halogenated alkanes) is 2. The third-order valence-electron chi connectivity index (χ3n) is 1.72. The Morgan fingerprint density at radius 2 is 1.94 bits per heavy atom. The molecule has 0 aliphatic rings. The SMILES string of the molecule is CCCCCS/C(Cl)=C(\C(Cl)=C(\Cl)Br)[N+](=O)[O-]. The number of hydrogen-bond donors (Lipinski definition) is 0. The van der Waals surface area contributed by atoms with Crippen LogP contribution in [-0.2, 0) is 0 Å². The van der Waals surface area contributed by atoms with Crippen molar-refractivity contribution in [1.29, 1.82) is 0 Å². The summed E-state index contributed by atoms with van der Waals surface area (Å²) < 4.78 is 0.0203. The van der Waals surface area contributed by atoms with Crippen LogP contribution in [0.5, 0.6) is 0 Å². The summed E-state index contributed by atoms with van der Waals surface area (Å²) in [7, 11) is 0. The zero-order valence-electron chi connectivity index (χ0n) is 9.01. The molecule has 0 saturated carbocycles. The molecule has 0 radical (unpaired) electrons. The first-order valence-corrected chi connectivity index (χ1v) is 7.71. The van der Waals surface area contributed by atoms with Crippen LogP contribution in [0.4, 0.5) is 0 Å². The van der Waals surface area contributed by atoms with Crippen LogP contribution >= 0.6 is 62.5 Å². The molecule has 0 saturated heterocycles. The van der Waals surface area contributed by atoms with E-state index in [2.05, 4.69) is 22.9 Å². The van der Waals surface area contributed by atoms with Crippen molar-refractivity contribution in [1.82, 2.24) is 0 Å². The van der Waals surface area contributed by atoms with E-state index in [1.165, 1.54) is 11.8 Å². The quantitative estimate of drug-likeness (QED) is 0.247. The summed E-state index contributed by atoms with van der Waals surface area (Å²) in [6, 6.07) is 0. The first-order chi connectivity index (χ1) is 7.91. The van der Waals surface area contributed by atoms with Gasteiger partial charge >= 0.3 is 5.70 Å². The Hall–Kier alpha value is 0.580. The fraction of sp³-hybridized carbons (Fsp3) is 0.556. The van der Waals surface area contributed by atoms with E-state index in [4.69, 9.17) is 34.8 Å². The number of halogens is 4. The summed E-state index contributed by atoms with van der Waals surface area (Å²) in [5.74, 6) is 0.716. The van der Waals surface area contributed by atoms with Crippen LogP contribution in [-0.4, -0.2) is 10.7 Å². The maximum absolute atomic E-state index is 10.8. The van der Waals surface area contributed by atoms with Crippen molar-refractivity contribution in [3.8, 4) is 0 Å². The third-order valence-corrected chi connectivity index (χ3v) is 4.44. The molecule has 0 aromatic heterocycles. The molecule has 0 bridgehead atoms. The van der Waals surface area contributed by atoms with Gasteiger partial charge in [0.05, 0.1) is 4.92 Å². The van der Waals surface area contributed by atoms with Crippen molar-refractivity contribution >= 4 is 62.5 Å². The maximum Gasteiger partial charge on any atom is 0.314 e. The first-order valence-electron chi connectivity index (χ1n) is 4.79. The Morgan fingerprint density at radius 1 is 1.35 bits per heavy atom. The molecule has 0 spiro atoms. The number of thioether (sulfide) groups is 1. The van der Waals surface area contributed by atoms with Gasteiger partial charge in [0.15, 0.2) is 4.36 Å². The maximum atomic E-state index is 10.8. The number of nitrogens with zero attached hydrogens (tertiary/aromatic N) is 1. The molecule has 0 amide bonds. The topological polar surface area (TPSA) is 43.1 Å². The van der Waals surface area contributed by atoms with Crippen LogP contribution in [0.15, 0.2) is 19.0 Å². The van der Waals surface area contributed by atoms with Crippen LogP contribution in [0.25, 0.3) is 0 Å². The second-order valence-electron chi connectivity index (χ2n) is 3.01. The Bertz CT molecular complexity index is 343. The molecule has 0 atom stereocenters. The van der Waals surface area contributed by atoms with E-state index in [-0.39, 0.29) is 19.0 Å². The number of allylic oxidation sites excluding steroid dienone is 1. The average molecular weight is 384 g/mol. The lowest BCUT2D eigenvalue weighted by atomic mass is 10.3. The van der Waals surface area contributed by atoms with E-state index in [9.17, 15) is 10.1 Å². The van der Waals surface area contributed by atoms with Crippen molar-refractivity contribution in [3.05, 3.63) is 29.1 Å². The van der Waals surface area contributed by atoms with Crippen LogP contribution in [0.2, 0.25) is 0 Å². The molecule has 0 aliphatic heterocycles. The number of hydrogen-bond acceptors (Lipinski definition) is 3. The molecular formula is C9H11BrCl3NO2S. The fourth-order valence-electron chi connectivity index (χ4n) is 0.910. The van der Waals surface area contributed by atoms with Gasteiger partial charge in [0, 0.05) is 0 Å². The Kier molecular flexibility index (Phi) is 9.83. The molecule has 0 fully saturated rings. The van der Waals surface area contributed by atoms with E-state index >= 15 is 0 Å². The van der Waals surface area contributed by atoms with Gasteiger partial charge in [-0.2, -0.15) is 0 Å². The van der Waals surface area contributed by atoms with E-state index in [1.54, 1.807) is 0 Å². The van der Waals surface area contributed by atoms with E-state index in [0.717, 1.165) is 19.3 Å². The number of nitro groups is 1. The average Bonchev–Trinajstić information content (AvgIpc) is 2.23. The molecule has 0 heterocycles. The molecule has 3 nitrogen and oxygen atoms in total. The van der Waals surface area contributed by atoms with Gasteiger partial charge in [0.2, 0.25) is 0 Å². The van der Waals surface area contributed by atoms with E-state index in [1.807, 2.05) is 0 Å². The molecule has 17 heavy (non-hydrogen) atoms. The highest BCUT2D eigenvalue weighted by Crippen LogP contribution is 2.34. The molecule has 8 heteroatoms. The zero-order chi connectivity index (χ0) is 13.4. The molecular weight excluding hydrogens is 372 g/mol. The van der Waals surface area contributed by atoms with Gasteiger partial charge in [-0.05, 0) is 28.1 Å². The summed E-state index contributed by atoms with van der Waals surface area (Å²) in [6.45, 7) is 2.08. The standard InChI is InChI=1S/C9H11BrCl3NO2S/c1-2-3-4-5-17-9(13)7(14(15)16)6(11)8(10)12/h2-5H2,1H3/b8-6-,9-7+. The van der Waals surface area contributed by atoms with Crippen LogP contribution < -0.4 is 0 Å². The van der Waals surface area contributed by atoms with Crippen molar-refractivity contribution in [2.45, 2.75) is 26.2 Å². The van der Waals surface area contributed by atoms with Crippen LogP contribution in [0.3, 0.4) is 0 Å². The lowest BCUT2D eigenvalue weighted by molar-refractivity contribution is -0.419. The lowest BCUT2D eigenvalue weighted by Gasteiger charge is -2.02. The predicted octanol–water partition coefficient (Wildman–Crippen LogP) is 5.64. The second kappa shape index (κ2) is 9.50. The monoisotopic (exact) mass is 381 g/mol. The molecule has 0 N–H and O–H groups in total. The molecule has 0 rings (SSSR count). The Morgan fingerprint density at radius 3 is 2.35 bits per heavy atom. The zero-order valence-corrected chi connectivity index (χ0v) is 13.7. The minimum absolute atomic E-state index is 0.0295. The summed E-state index contributed by atoms with van der Waals surface area (Å²) in [6.07, 6.45) is 3.09. The van der Waals surface area contributed by atoms with E-state index < -0.39 is 4.92 Å². The first kappa shape index (κ1) is 17.6. The molecule has 0 aliphatic carbocycles. The molecule has 98 valence electrons. The highest BCUT2D eigenvalue weighted by atomic mass is 79.9. The fourth-order valence-corrected chi connectivity index (χ4v) is 2.69. The smallest absolute Gasteiger partial charge is 0.258 e. The predicted molar refractivity (Wildman–Crippen MR) is 79.5 cm³/mol. The van der Waals surface area contributed by atoms with E-state index in [0.29, 0.717) is 5.75 Å². The van der Waals surface area contributed by atoms with Crippen molar-refractivity contribution in [3.63, 3.8) is 0 Å². The highest BCUT2D eigenvalue weighted by Gasteiger charge is 2.24. The summed E-state index contributed by atoms with van der Waals surface area (Å²) in [4.78, 5) is 10.2. The lowest BCUT2D eigenvalue weighted by Crippen LogP contribution is -2.01.